The van der Waals surface area contributed by atoms with Gasteiger partial charge in [0.2, 0.25) is 0 Å². The third-order valence-electron chi connectivity index (χ3n) is 2.24. The van der Waals surface area contributed by atoms with Crippen LogP contribution in [0.25, 0.3) is 5.69 Å². The highest BCUT2D eigenvalue weighted by molar-refractivity contribution is 5.34. The molecule has 18 heavy (non-hydrogen) atoms. The lowest BCUT2D eigenvalue weighted by molar-refractivity contribution is -0.142. The van der Waals surface area contributed by atoms with Gasteiger partial charge in [-0.05, 0) is 18.2 Å². The number of aromatic nitrogens is 2. The van der Waals surface area contributed by atoms with Crippen LogP contribution in [0.3, 0.4) is 0 Å². The van der Waals surface area contributed by atoms with E-state index in [0.29, 0.717) is 10.7 Å². The maximum absolute atomic E-state index is 12.7. The molecule has 1 aromatic heterocycles. The fraction of sp³-hybridized carbons (Fsp3) is 0.182. The number of hydrogen-bond donors (Lipinski definition) is 0. The van der Waals surface area contributed by atoms with Gasteiger partial charge in [0.25, 0.3) is 6.43 Å². The molecule has 0 aliphatic carbocycles. The van der Waals surface area contributed by atoms with Crippen molar-refractivity contribution in [2.75, 3.05) is 0 Å². The molecule has 0 aliphatic rings. The van der Waals surface area contributed by atoms with Gasteiger partial charge in [0, 0.05) is 0 Å². The summed E-state index contributed by atoms with van der Waals surface area (Å²) in [6.07, 6.45) is -7.79. The largest absolute Gasteiger partial charge is 0.433 e. The van der Waals surface area contributed by atoms with Crippen LogP contribution in [-0.4, -0.2) is 9.78 Å². The van der Waals surface area contributed by atoms with E-state index in [1.54, 1.807) is 6.07 Å². The Labute approximate surface area is 98.7 Å². The zero-order valence-corrected chi connectivity index (χ0v) is 8.83. The standard InChI is InChI=1S/C11H7F5N2/c12-10(13)8-6-9(11(14,15)16)18(17-8)7-4-2-1-3-5-7/h1-6,10H. The van der Waals surface area contributed by atoms with Gasteiger partial charge in [0.1, 0.15) is 11.4 Å². The van der Waals surface area contributed by atoms with Gasteiger partial charge in [-0.15, -0.1) is 0 Å². The molecule has 96 valence electrons. The van der Waals surface area contributed by atoms with Gasteiger partial charge >= 0.3 is 6.18 Å². The zero-order valence-electron chi connectivity index (χ0n) is 8.83. The second kappa shape index (κ2) is 4.40. The lowest BCUT2D eigenvalue weighted by atomic mass is 10.3. The number of hydrogen-bond acceptors (Lipinski definition) is 1. The van der Waals surface area contributed by atoms with Gasteiger partial charge in [-0.25, -0.2) is 13.5 Å². The lowest BCUT2D eigenvalue weighted by Gasteiger charge is -2.09. The van der Waals surface area contributed by atoms with Gasteiger partial charge in [0.15, 0.2) is 0 Å². The van der Waals surface area contributed by atoms with Crippen molar-refractivity contribution in [3.05, 3.63) is 47.8 Å². The van der Waals surface area contributed by atoms with Crippen LogP contribution in [0, 0.1) is 0 Å². The fourth-order valence-corrected chi connectivity index (χ4v) is 1.47. The van der Waals surface area contributed by atoms with Crippen molar-refractivity contribution in [2.24, 2.45) is 0 Å². The average molecular weight is 262 g/mol. The fourth-order valence-electron chi connectivity index (χ4n) is 1.47. The Morgan fingerprint density at radius 1 is 1.06 bits per heavy atom. The van der Waals surface area contributed by atoms with Crippen LogP contribution < -0.4 is 0 Å². The molecule has 1 heterocycles. The smallest absolute Gasteiger partial charge is 0.228 e. The van der Waals surface area contributed by atoms with Crippen LogP contribution in [0.4, 0.5) is 22.0 Å². The summed E-state index contributed by atoms with van der Waals surface area (Å²) in [5, 5.41) is 3.29. The molecule has 0 saturated carbocycles. The molecule has 0 radical (unpaired) electrons. The van der Waals surface area contributed by atoms with Gasteiger partial charge in [0.05, 0.1) is 5.69 Å². The van der Waals surface area contributed by atoms with E-state index in [1.165, 1.54) is 24.3 Å². The SMILES string of the molecule is FC(F)c1cc(C(F)(F)F)n(-c2ccccc2)n1. The Morgan fingerprint density at radius 3 is 2.17 bits per heavy atom. The molecule has 0 fully saturated rings. The summed E-state index contributed by atoms with van der Waals surface area (Å²) in [4.78, 5) is 0. The highest BCUT2D eigenvalue weighted by Gasteiger charge is 2.37. The van der Waals surface area contributed by atoms with Crippen molar-refractivity contribution in [3.63, 3.8) is 0 Å². The Kier molecular flexibility index (Phi) is 3.06. The average Bonchev–Trinajstić information content (AvgIpc) is 2.74. The maximum atomic E-state index is 12.7. The topological polar surface area (TPSA) is 17.8 Å². The summed E-state index contributed by atoms with van der Waals surface area (Å²) >= 11 is 0. The second-order valence-electron chi connectivity index (χ2n) is 3.50. The third-order valence-corrected chi connectivity index (χ3v) is 2.24. The van der Waals surface area contributed by atoms with E-state index >= 15 is 0 Å². The highest BCUT2D eigenvalue weighted by atomic mass is 19.4. The van der Waals surface area contributed by atoms with Crippen molar-refractivity contribution in [1.82, 2.24) is 9.78 Å². The normalized spacial score (nSPS) is 12.1. The summed E-state index contributed by atoms with van der Waals surface area (Å²) in [6.45, 7) is 0. The van der Waals surface area contributed by atoms with Crippen LogP contribution in [0.5, 0.6) is 0 Å². The molecule has 0 amide bonds. The Morgan fingerprint density at radius 2 is 1.67 bits per heavy atom. The molecular weight excluding hydrogens is 255 g/mol. The molecule has 0 spiro atoms. The van der Waals surface area contributed by atoms with Crippen LogP contribution >= 0.6 is 0 Å². The van der Waals surface area contributed by atoms with E-state index in [-0.39, 0.29) is 5.69 Å². The number of alkyl halides is 5. The maximum Gasteiger partial charge on any atom is 0.433 e. The molecule has 0 unspecified atom stereocenters. The molecule has 2 nitrogen and oxygen atoms in total. The lowest BCUT2D eigenvalue weighted by Crippen LogP contribution is -2.13. The monoisotopic (exact) mass is 262 g/mol. The first-order valence-electron chi connectivity index (χ1n) is 4.90. The summed E-state index contributed by atoms with van der Waals surface area (Å²) < 4.78 is 63.4. The van der Waals surface area contributed by atoms with E-state index < -0.39 is 24.0 Å². The van der Waals surface area contributed by atoms with Gasteiger partial charge < -0.3 is 0 Å². The molecule has 1 aromatic carbocycles. The molecule has 0 N–H and O–H groups in total. The molecule has 2 rings (SSSR count). The number of benzene rings is 1. The minimum absolute atomic E-state index is 0.0803. The predicted octanol–water partition coefficient (Wildman–Crippen LogP) is 3.83. The van der Waals surface area contributed by atoms with Crippen molar-refractivity contribution in [1.29, 1.82) is 0 Å². The van der Waals surface area contributed by atoms with Gasteiger partial charge in [-0.2, -0.15) is 18.3 Å². The summed E-state index contributed by atoms with van der Waals surface area (Å²) in [5.41, 5.74) is -2.04. The molecule has 2 aromatic rings. The van der Waals surface area contributed by atoms with Crippen LogP contribution in [0.15, 0.2) is 36.4 Å². The first-order valence-corrected chi connectivity index (χ1v) is 4.90. The van der Waals surface area contributed by atoms with E-state index in [4.69, 9.17) is 0 Å². The van der Waals surface area contributed by atoms with Crippen LogP contribution in [0.2, 0.25) is 0 Å². The van der Waals surface area contributed by atoms with Gasteiger partial charge in [-0.3, -0.25) is 0 Å². The van der Waals surface area contributed by atoms with Crippen molar-refractivity contribution < 1.29 is 22.0 Å². The zero-order chi connectivity index (χ0) is 13.3. The summed E-state index contributed by atoms with van der Waals surface area (Å²) in [7, 11) is 0. The molecule has 0 bridgehead atoms. The van der Waals surface area contributed by atoms with Crippen LogP contribution in [0.1, 0.15) is 17.8 Å². The minimum Gasteiger partial charge on any atom is -0.228 e. The molecule has 0 saturated heterocycles. The number of nitrogens with zero attached hydrogens (tertiary/aromatic N) is 2. The van der Waals surface area contributed by atoms with Crippen LogP contribution in [-0.2, 0) is 6.18 Å². The Bertz CT molecular complexity index is 530. The molecular formula is C11H7F5N2. The van der Waals surface area contributed by atoms with Crippen molar-refractivity contribution >= 4 is 0 Å². The summed E-state index contributed by atoms with van der Waals surface area (Å²) in [6, 6.07) is 7.68. The van der Waals surface area contributed by atoms with Crippen molar-refractivity contribution in [2.45, 2.75) is 12.6 Å². The third kappa shape index (κ3) is 2.34. The summed E-state index contributed by atoms with van der Waals surface area (Å²) in [5.74, 6) is 0. The molecule has 7 heteroatoms. The molecule has 0 atom stereocenters. The Hall–Kier alpha value is -1.92. The number of rotatable bonds is 2. The molecule has 0 aliphatic heterocycles. The van der Waals surface area contributed by atoms with E-state index in [1.807, 2.05) is 0 Å². The van der Waals surface area contributed by atoms with E-state index in [2.05, 4.69) is 5.10 Å². The highest BCUT2D eigenvalue weighted by Crippen LogP contribution is 2.33. The first kappa shape index (κ1) is 12.5. The van der Waals surface area contributed by atoms with Crippen molar-refractivity contribution in [3.8, 4) is 5.69 Å². The number of para-hydroxylation sites is 1. The number of halogens is 5. The second-order valence-corrected chi connectivity index (χ2v) is 3.50. The first-order chi connectivity index (χ1) is 8.39. The van der Waals surface area contributed by atoms with E-state index in [0.717, 1.165) is 0 Å². The predicted molar refractivity (Wildman–Crippen MR) is 53.5 cm³/mol. The minimum atomic E-state index is -4.74. The van der Waals surface area contributed by atoms with E-state index in [9.17, 15) is 22.0 Å². The quantitative estimate of drug-likeness (QED) is 0.752. The van der Waals surface area contributed by atoms with Gasteiger partial charge in [-0.1, -0.05) is 18.2 Å². The Balaban J connectivity index is 2.59.